The van der Waals surface area contributed by atoms with E-state index in [1.807, 2.05) is 0 Å². The van der Waals surface area contributed by atoms with Crippen LogP contribution in [0, 0.1) is 11.6 Å². The Kier molecular flexibility index (Phi) is 4.33. The van der Waals surface area contributed by atoms with Gasteiger partial charge in [0, 0.05) is 30.2 Å². The van der Waals surface area contributed by atoms with Crippen molar-refractivity contribution in [2.24, 2.45) is 0 Å². The fourth-order valence-electron chi connectivity index (χ4n) is 2.54. The Morgan fingerprint density at radius 1 is 1.16 bits per heavy atom. The first-order valence-corrected chi connectivity index (χ1v) is 8.49. The summed E-state index contributed by atoms with van der Waals surface area (Å²) in [5, 5.41) is 12.2. The van der Waals surface area contributed by atoms with E-state index in [9.17, 15) is 31.1 Å². The van der Waals surface area contributed by atoms with Crippen LogP contribution in [0.2, 0.25) is 0 Å². The van der Waals surface area contributed by atoms with Gasteiger partial charge in [0.2, 0.25) is 9.84 Å². The number of aliphatic hydroxyl groups excluding tert-OH is 1. The largest absolute Gasteiger partial charge is 0.455 e. The molecule has 0 spiro atoms. The lowest BCUT2D eigenvalue weighted by Gasteiger charge is -2.14. The number of halogens is 4. The number of benzene rings is 2. The van der Waals surface area contributed by atoms with Gasteiger partial charge in [-0.25, -0.2) is 17.2 Å². The van der Waals surface area contributed by atoms with Crippen molar-refractivity contribution in [3.05, 3.63) is 47.5 Å². The monoisotopic (exact) mass is 377 g/mol. The molecule has 2 aromatic rings. The van der Waals surface area contributed by atoms with Gasteiger partial charge in [-0.05, 0) is 12.1 Å². The van der Waals surface area contributed by atoms with Crippen molar-refractivity contribution in [2.45, 2.75) is 23.3 Å². The molecule has 1 unspecified atom stereocenters. The number of alkyl halides is 2. The van der Waals surface area contributed by atoms with E-state index in [2.05, 4.69) is 5.32 Å². The van der Waals surface area contributed by atoms with Crippen LogP contribution in [-0.4, -0.2) is 25.5 Å². The average molecular weight is 377 g/mol. The van der Waals surface area contributed by atoms with Crippen LogP contribution < -0.4 is 10.1 Å². The van der Waals surface area contributed by atoms with Gasteiger partial charge in [-0.15, -0.1) is 0 Å². The van der Waals surface area contributed by atoms with Gasteiger partial charge in [-0.2, -0.15) is 8.78 Å². The standard InChI is InChI=1S/C15H11F4NO4S/c16-7-3-8(17)5-9(4-7)24-11-1-2-12(25(22,23)15(18)19)10-6-13(21)20-14(10)11/h1-5,13,15,20-21H,6H2. The van der Waals surface area contributed by atoms with Crippen LogP contribution in [0.5, 0.6) is 11.5 Å². The summed E-state index contributed by atoms with van der Waals surface area (Å²) >= 11 is 0. The summed E-state index contributed by atoms with van der Waals surface area (Å²) in [5.74, 6) is -5.69. The highest BCUT2D eigenvalue weighted by atomic mass is 32.2. The molecular weight excluding hydrogens is 366 g/mol. The second kappa shape index (κ2) is 6.19. The van der Waals surface area contributed by atoms with E-state index < -0.39 is 38.4 Å². The first kappa shape index (κ1) is 17.5. The minimum atomic E-state index is -4.89. The third-order valence-corrected chi connectivity index (χ3v) is 5.01. The molecule has 1 atom stereocenters. The zero-order chi connectivity index (χ0) is 18.4. The van der Waals surface area contributed by atoms with Crippen molar-refractivity contribution < 1.29 is 35.8 Å². The lowest BCUT2D eigenvalue weighted by Crippen LogP contribution is -2.14. The Morgan fingerprint density at radius 2 is 1.80 bits per heavy atom. The van der Waals surface area contributed by atoms with Crippen LogP contribution in [0.4, 0.5) is 23.2 Å². The number of nitrogens with one attached hydrogen (secondary N) is 1. The van der Waals surface area contributed by atoms with Gasteiger partial charge in [0.05, 0.1) is 10.6 Å². The summed E-state index contributed by atoms with van der Waals surface area (Å²) in [6.07, 6.45) is -1.46. The first-order valence-electron chi connectivity index (χ1n) is 6.95. The number of hydrogen-bond acceptors (Lipinski definition) is 5. The molecule has 5 nitrogen and oxygen atoms in total. The smallest absolute Gasteiger partial charge is 0.341 e. The van der Waals surface area contributed by atoms with Gasteiger partial charge in [0.25, 0.3) is 0 Å². The number of ether oxygens (including phenoxy) is 1. The molecule has 134 valence electrons. The Balaban J connectivity index is 2.07. The Hall–Kier alpha value is -2.33. The number of fused-ring (bicyclic) bond motifs is 1. The number of anilines is 1. The molecule has 1 aliphatic rings. The third kappa shape index (κ3) is 3.27. The van der Waals surface area contributed by atoms with Crippen LogP contribution in [0.25, 0.3) is 0 Å². The highest BCUT2D eigenvalue weighted by Gasteiger charge is 2.35. The molecule has 2 N–H and O–H groups in total. The number of rotatable bonds is 4. The molecule has 0 aromatic heterocycles. The molecule has 1 heterocycles. The van der Waals surface area contributed by atoms with Gasteiger partial charge in [0.15, 0.2) is 5.75 Å². The van der Waals surface area contributed by atoms with E-state index in [1.54, 1.807) is 0 Å². The number of aliphatic hydroxyl groups is 1. The molecule has 0 saturated carbocycles. The van der Waals surface area contributed by atoms with Gasteiger partial charge >= 0.3 is 5.76 Å². The van der Waals surface area contributed by atoms with E-state index in [0.717, 1.165) is 24.3 Å². The van der Waals surface area contributed by atoms with Crippen molar-refractivity contribution in [1.82, 2.24) is 0 Å². The Labute approximate surface area is 139 Å². The summed E-state index contributed by atoms with van der Waals surface area (Å²) in [6.45, 7) is 0. The molecule has 3 rings (SSSR count). The van der Waals surface area contributed by atoms with Crippen LogP contribution in [0.1, 0.15) is 5.56 Å². The molecule has 25 heavy (non-hydrogen) atoms. The van der Waals surface area contributed by atoms with Gasteiger partial charge in [-0.3, -0.25) is 0 Å². The van der Waals surface area contributed by atoms with Gasteiger partial charge in [-0.1, -0.05) is 0 Å². The lowest BCUT2D eigenvalue weighted by molar-refractivity contribution is 0.211. The highest BCUT2D eigenvalue weighted by Crippen LogP contribution is 2.41. The van der Waals surface area contributed by atoms with Crippen molar-refractivity contribution in [3.8, 4) is 11.5 Å². The zero-order valence-corrected chi connectivity index (χ0v) is 13.2. The Bertz CT molecular complexity index is 913. The van der Waals surface area contributed by atoms with Crippen LogP contribution in [0.15, 0.2) is 35.2 Å². The van der Waals surface area contributed by atoms with E-state index in [-0.39, 0.29) is 29.2 Å². The van der Waals surface area contributed by atoms with Crippen LogP contribution in [-0.2, 0) is 16.3 Å². The summed E-state index contributed by atoms with van der Waals surface area (Å²) < 4.78 is 80.9. The molecule has 0 saturated heterocycles. The summed E-state index contributed by atoms with van der Waals surface area (Å²) in [4.78, 5) is -0.640. The first-order chi connectivity index (χ1) is 11.7. The molecule has 2 aromatic carbocycles. The van der Waals surface area contributed by atoms with Crippen molar-refractivity contribution >= 4 is 15.5 Å². The van der Waals surface area contributed by atoms with E-state index >= 15 is 0 Å². The van der Waals surface area contributed by atoms with E-state index in [0.29, 0.717) is 6.07 Å². The minimum Gasteiger partial charge on any atom is -0.455 e. The number of sulfone groups is 1. The molecule has 1 aliphatic heterocycles. The van der Waals surface area contributed by atoms with E-state index in [1.165, 1.54) is 0 Å². The molecule has 0 aliphatic carbocycles. The molecule has 0 fully saturated rings. The normalized spacial score (nSPS) is 16.6. The van der Waals surface area contributed by atoms with Gasteiger partial charge < -0.3 is 15.2 Å². The fraction of sp³-hybridized carbons (Fsp3) is 0.200. The van der Waals surface area contributed by atoms with Crippen LogP contribution >= 0.6 is 0 Å². The summed E-state index contributed by atoms with van der Waals surface area (Å²) in [5.41, 5.74) is -0.110. The molecule has 0 radical (unpaired) electrons. The predicted molar refractivity (Wildman–Crippen MR) is 79.4 cm³/mol. The lowest BCUT2D eigenvalue weighted by atomic mass is 10.1. The maximum Gasteiger partial charge on any atom is 0.341 e. The summed E-state index contributed by atoms with van der Waals surface area (Å²) in [7, 11) is -4.89. The van der Waals surface area contributed by atoms with Gasteiger partial charge in [0.1, 0.15) is 23.6 Å². The molecule has 0 bridgehead atoms. The highest BCUT2D eigenvalue weighted by molar-refractivity contribution is 7.91. The van der Waals surface area contributed by atoms with Crippen molar-refractivity contribution in [1.29, 1.82) is 0 Å². The molecular formula is C15H11F4NO4S. The quantitative estimate of drug-likeness (QED) is 0.801. The Morgan fingerprint density at radius 3 is 2.40 bits per heavy atom. The third-order valence-electron chi connectivity index (χ3n) is 3.55. The predicted octanol–water partition coefficient (Wildman–Crippen LogP) is 3.04. The zero-order valence-electron chi connectivity index (χ0n) is 12.3. The molecule has 0 amide bonds. The topological polar surface area (TPSA) is 75.6 Å². The average Bonchev–Trinajstić information content (AvgIpc) is 2.87. The SMILES string of the molecule is O=S(=O)(c1ccc(Oc2cc(F)cc(F)c2)c2c1CC(O)N2)C(F)F. The molecule has 10 heteroatoms. The second-order valence-electron chi connectivity index (χ2n) is 5.29. The number of hydrogen-bond donors (Lipinski definition) is 2. The van der Waals surface area contributed by atoms with E-state index in [4.69, 9.17) is 4.74 Å². The maximum absolute atomic E-state index is 13.2. The summed E-state index contributed by atoms with van der Waals surface area (Å²) in [6, 6.07) is 4.40. The van der Waals surface area contributed by atoms with Crippen molar-refractivity contribution in [3.63, 3.8) is 0 Å². The second-order valence-corrected chi connectivity index (χ2v) is 7.18. The fourth-order valence-corrected chi connectivity index (χ4v) is 3.52. The van der Waals surface area contributed by atoms with Crippen molar-refractivity contribution in [2.75, 3.05) is 5.32 Å². The maximum atomic E-state index is 13.2. The minimum absolute atomic E-state index is 0.0288. The van der Waals surface area contributed by atoms with Crippen LogP contribution in [0.3, 0.4) is 0 Å².